The van der Waals surface area contributed by atoms with Gasteiger partial charge in [-0.05, 0) is 43.0 Å². The number of amides is 2. The lowest BCUT2D eigenvalue weighted by atomic mass is 9.96. The third kappa shape index (κ3) is 4.60. The lowest BCUT2D eigenvalue weighted by Gasteiger charge is -2.32. The van der Waals surface area contributed by atoms with Crippen molar-refractivity contribution < 1.29 is 19.1 Å². The average Bonchev–Trinajstić information content (AvgIpc) is 2.77. The van der Waals surface area contributed by atoms with Crippen LogP contribution >= 0.6 is 0 Å². The second-order valence-electron chi connectivity index (χ2n) is 6.75. The normalized spacial score (nSPS) is 14.4. The van der Waals surface area contributed by atoms with E-state index in [9.17, 15) is 9.59 Å². The van der Waals surface area contributed by atoms with Crippen molar-refractivity contribution in [2.45, 2.75) is 12.8 Å². The first kappa shape index (κ1) is 19.7. The number of nitrogens with zero attached hydrogens (tertiary/aromatic N) is 2. The molecule has 2 aromatic rings. The third-order valence-corrected chi connectivity index (χ3v) is 5.03. The highest BCUT2D eigenvalue weighted by Gasteiger charge is 2.24. The number of nitrogens with one attached hydrogen (secondary N) is 1. The molecule has 148 valence electrons. The lowest BCUT2D eigenvalue weighted by molar-refractivity contribution is 0.0684. The summed E-state index contributed by atoms with van der Waals surface area (Å²) in [5, 5.41) is 2.99. The predicted octanol–water partition coefficient (Wildman–Crippen LogP) is 2.38. The number of benzene rings is 1. The molecule has 0 spiro atoms. The van der Waals surface area contributed by atoms with Crippen LogP contribution in [0, 0.1) is 5.92 Å². The molecule has 1 aromatic heterocycles. The maximum atomic E-state index is 12.5. The van der Waals surface area contributed by atoms with E-state index in [1.807, 2.05) is 4.90 Å². The number of hydrogen-bond acceptors (Lipinski definition) is 5. The number of hydrogen-bond donors (Lipinski definition) is 1. The maximum Gasteiger partial charge on any atom is 0.255 e. The summed E-state index contributed by atoms with van der Waals surface area (Å²) < 4.78 is 10.5. The second-order valence-corrected chi connectivity index (χ2v) is 6.75. The highest BCUT2D eigenvalue weighted by molar-refractivity contribution is 5.97. The molecule has 3 rings (SSSR count). The van der Waals surface area contributed by atoms with Crippen LogP contribution in [0.4, 0.5) is 0 Å². The molecule has 28 heavy (non-hydrogen) atoms. The molecular formula is C21H25N3O4. The minimum absolute atomic E-state index is 0.0351. The Balaban J connectivity index is 1.50. The third-order valence-electron chi connectivity index (χ3n) is 5.03. The Morgan fingerprint density at radius 2 is 1.82 bits per heavy atom. The summed E-state index contributed by atoms with van der Waals surface area (Å²) in [6, 6.07) is 8.59. The van der Waals surface area contributed by atoms with Crippen LogP contribution in [0.5, 0.6) is 11.5 Å². The first-order valence-corrected chi connectivity index (χ1v) is 9.32. The Kier molecular flexibility index (Phi) is 6.47. The molecule has 0 radical (unpaired) electrons. The summed E-state index contributed by atoms with van der Waals surface area (Å²) in [6.45, 7) is 1.95. The number of aromatic nitrogens is 1. The first-order chi connectivity index (χ1) is 13.6. The van der Waals surface area contributed by atoms with Crippen molar-refractivity contribution in [3.63, 3.8) is 0 Å². The van der Waals surface area contributed by atoms with Crippen molar-refractivity contribution >= 4 is 11.8 Å². The number of pyridine rings is 1. The molecule has 1 aliphatic rings. The van der Waals surface area contributed by atoms with Gasteiger partial charge in [0.15, 0.2) is 0 Å². The Hall–Kier alpha value is -3.09. The molecule has 7 heteroatoms. The van der Waals surface area contributed by atoms with Gasteiger partial charge in [-0.25, -0.2) is 0 Å². The Morgan fingerprint density at radius 1 is 1.11 bits per heavy atom. The zero-order valence-electron chi connectivity index (χ0n) is 16.2. The van der Waals surface area contributed by atoms with Gasteiger partial charge in [-0.2, -0.15) is 0 Å². The average molecular weight is 383 g/mol. The molecule has 0 unspecified atom stereocenters. The van der Waals surface area contributed by atoms with E-state index in [0.29, 0.717) is 48.2 Å². The van der Waals surface area contributed by atoms with Crippen LogP contribution < -0.4 is 14.8 Å². The van der Waals surface area contributed by atoms with Crippen molar-refractivity contribution in [3.05, 3.63) is 53.9 Å². The Bertz CT molecular complexity index is 818. The first-order valence-electron chi connectivity index (χ1n) is 9.32. The van der Waals surface area contributed by atoms with Gasteiger partial charge in [-0.3, -0.25) is 14.6 Å². The number of ether oxygens (including phenoxy) is 2. The van der Waals surface area contributed by atoms with Crippen molar-refractivity contribution in [3.8, 4) is 11.5 Å². The quantitative estimate of drug-likeness (QED) is 0.828. The number of carbonyl (C=O) groups excluding carboxylic acids is 2. The van der Waals surface area contributed by atoms with Crippen LogP contribution in [0.3, 0.4) is 0 Å². The van der Waals surface area contributed by atoms with Crippen LogP contribution in [0.25, 0.3) is 0 Å². The molecule has 1 saturated heterocycles. The number of methoxy groups -OCH3 is 2. The number of piperidine rings is 1. The van der Waals surface area contributed by atoms with Gasteiger partial charge in [-0.1, -0.05) is 0 Å². The van der Waals surface area contributed by atoms with Gasteiger partial charge in [0.05, 0.1) is 19.8 Å². The molecule has 0 saturated carbocycles. The summed E-state index contributed by atoms with van der Waals surface area (Å²) in [7, 11) is 3.10. The summed E-state index contributed by atoms with van der Waals surface area (Å²) in [4.78, 5) is 30.8. The van der Waals surface area contributed by atoms with Crippen LogP contribution in [-0.2, 0) is 0 Å². The summed E-state index contributed by atoms with van der Waals surface area (Å²) in [5.41, 5.74) is 1.14. The minimum Gasteiger partial charge on any atom is -0.497 e. The molecule has 2 amide bonds. The lowest BCUT2D eigenvalue weighted by Crippen LogP contribution is -2.41. The number of likely N-dealkylation sites (tertiary alicyclic amines) is 1. The molecule has 7 nitrogen and oxygen atoms in total. The monoisotopic (exact) mass is 383 g/mol. The summed E-state index contributed by atoms with van der Waals surface area (Å²) in [6.07, 6.45) is 4.97. The summed E-state index contributed by atoms with van der Waals surface area (Å²) >= 11 is 0. The Labute approximate surface area is 164 Å². The van der Waals surface area contributed by atoms with Crippen LogP contribution in [-0.4, -0.2) is 55.6 Å². The molecule has 0 atom stereocenters. The fourth-order valence-electron chi connectivity index (χ4n) is 3.34. The smallest absolute Gasteiger partial charge is 0.255 e. The molecule has 1 aliphatic heterocycles. The van der Waals surface area contributed by atoms with Crippen LogP contribution in [0.15, 0.2) is 42.7 Å². The molecular weight excluding hydrogens is 358 g/mol. The van der Waals surface area contributed by atoms with E-state index in [1.54, 1.807) is 49.8 Å². The fraction of sp³-hybridized carbons (Fsp3) is 0.381. The number of carbonyl (C=O) groups is 2. The van der Waals surface area contributed by atoms with Crippen molar-refractivity contribution in [2.24, 2.45) is 5.92 Å². The zero-order chi connectivity index (χ0) is 19.9. The molecule has 2 heterocycles. The zero-order valence-corrected chi connectivity index (χ0v) is 16.2. The largest absolute Gasteiger partial charge is 0.497 e. The fourth-order valence-corrected chi connectivity index (χ4v) is 3.34. The number of rotatable bonds is 6. The van der Waals surface area contributed by atoms with Gasteiger partial charge in [-0.15, -0.1) is 0 Å². The van der Waals surface area contributed by atoms with Crippen molar-refractivity contribution in [1.82, 2.24) is 15.2 Å². The standard InChI is InChI=1S/C21H25N3O4/c1-27-17-3-4-18(19(13-17)28-2)20(25)23-14-15-7-11-24(12-8-15)21(26)16-5-9-22-10-6-16/h3-6,9-10,13,15H,7-8,11-12,14H2,1-2H3,(H,23,25). The van der Waals surface area contributed by atoms with Crippen LogP contribution in [0.1, 0.15) is 33.6 Å². The van der Waals surface area contributed by atoms with Crippen LogP contribution in [0.2, 0.25) is 0 Å². The molecule has 1 fully saturated rings. The van der Waals surface area contributed by atoms with E-state index in [4.69, 9.17) is 9.47 Å². The summed E-state index contributed by atoms with van der Waals surface area (Å²) in [5.74, 6) is 1.33. The van der Waals surface area contributed by atoms with E-state index < -0.39 is 0 Å². The van der Waals surface area contributed by atoms with Gasteiger partial charge in [0.1, 0.15) is 11.5 Å². The van der Waals surface area contributed by atoms with Gasteiger partial charge in [0, 0.05) is 43.7 Å². The van der Waals surface area contributed by atoms with Gasteiger partial charge < -0.3 is 19.7 Å². The second kappa shape index (κ2) is 9.21. The predicted molar refractivity (Wildman–Crippen MR) is 105 cm³/mol. The molecule has 0 bridgehead atoms. The van der Waals surface area contributed by atoms with E-state index in [-0.39, 0.29) is 11.8 Å². The SMILES string of the molecule is COc1ccc(C(=O)NCC2CCN(C(=O)c3ccncc3)CC2)c(OC)c1. The van der Waals surface area contributed by atoms with Crippen molar-refractivity contribution in [1.29, 1.82) is 0 Å². The van der Waals surface area contributed by atoms with E-state index in [1.165, 1.54) is 7.11 Å². The van der Waals surface area contributed by atoms with Gasteiger partial charge >= 0.3 is 0 Å². The van der Waals surface area contributed by atoms with E-state index in [2.05, 4.69) is 10.3 Å². The maximum absolute atomic E-state index is 12.5. The Morgan fingerprint density at radius 3 is 2.46 bits per heavy atom. The topological polar surface area (TPSA) is 80.8 Å². The highest BCUT2D eigenvalue weighted by Crippen LogP contribution is 2.25. The van der Waals surface area contributed by atoms with Crippen molar-refractivity contribution in [2.75, 3.05) is 33.9 Å². The van der Waals surface area contributed by atoms with E-state index >= 15 is 0 Å². The molecule has 1 N–H and O–H groups in total. The van der Waals surface area contributed by atoms with Gasteiger partial charge in [0.25, 0.3) is 11.8 Å². The minimum atomic E-state index is -0.171. The van der Waals surface area contributed by atoms with Gasteiger partial charge in [0.2, 0.25) is 0 Å². The molecule has 1 aromatic carbocycles. The van der Waals surface area contributed by atoms with E-state index in [0.717, 1.165) is 12.8 Å². The molecule has 0 aliphatic carbocycles. The highest BCUT2D eigenvalue weighted by atomic mass is 16.5.